The predicted molar refractivity (Wildman–Crippen MR) is 55.1 cm³/mol. The third-order valence-electron chi connectivity index (χ3n) is 1.58. The highest BCUT2D eigenvalue weighted by molar-refractivity contribution is 9.10. The molecule has 2 nitrogen and oxygen atoms in total. The van der Waals surface area contributed by atoms with E-state index in [1.165, 1.54) is 6.08 Å². The Balaban J connectivity index is 3.59. The van der Waals surface area contributed by atoms with Crippen LogP contribution in [0.4, 0.5) is 10.1 Å². The Hall–Kier alpha value is -1.16. The van der Waals surface area contributed by atoms with Crippen molar-refractivity contribution in [3.8, 4) is 5.75 Å². The first-order valence-electron chi connectivity index (χ1n) is 3.42. The van der Waals surface area contributed by atoms with Crippen LogP contribution in [0.5, 0.6) is 5.75 Å². The van der Waals surface area contributed by atoms with Crippen LogP contribution in [-0.4, -0.2) is 11.8 Å². The van der Waals surface area contributed by atoms with Crippen LogP contribution < -0.4 is 0 Å². The van der Waals surface area contributed by atoms with E-state index in [0.29, 0.717) is 10.0 Å². The number of benzene rings is 1. The lowest BCUT2D eigenvalue weighted by atomic mass is 10.1. The summed E-state index contributed by atoms with van der Waals surface area (Å²) in [5.74, 6) is -1.24. The Labute approximate surface area is 83.6 Å². The predicted octanol–water partition coefficient (Wildman–Crippen LogP) is 3.27. The fourth-order valence-corrected chi connectivity index (χ4v) is 1.52. The molecule has 1 aromatic carbocycles. The second-order valence-corrected chi connectivity index (χ2v) is 3.17. The fraction of sp³-hybridized carbons (Fsp3) is 0. The molecule has 0 unspecified atom stereocenters. The van der Waals surface area contributed by atoms with Crippen molar-refractivity contribution in [3.63, 3.8) is 0 Å². The summed E-state index contributed by atoms with van der Waals surface area (Å²) in [5.41, 5.74) is 0.621. The number of phenolic OH excluding ortho intramolecular Hbond substituents is 1. The molecule has 0 saturated heterocycles. The maximum atomic E-state index is 12.9. The number of nitrogens with zero attached hydrogens (tertiary/aromatic N) is 1. The van der Waals surface area contributed by atoms with Crippen molar-refractivity contribution in [1.82, 2.24) is 0 Å². The van der Waals surface area contributed by atoms with Crippen molar-refractivity contribution in [2.75, 3.05) is 0 Å². The average Bonchev–Trinajstić information content (AvgIpc) is 2.10. The van der Waals surface area contributed by atoms with Crippen molar-refractivity contribution in [1.29, 1.82) is 0 Å². The van der Waals surface area contributed by atoms with Crippen LogP contribution >= 0.6 is 15.9 Å². The first-order chi connectivity index (χ1) is 6.11. The van der Waals surface area contributed by atoms with Gasteiger partial charge in [-0.2, -0.15) is 0 Å². The molecule has 0 aromatic heterocycles. The number of aliphatic imine (C=N–C) groups is 1. The zero-order valence-electron chi connectivity index (χ0n) is 6.72. The highest BCUT2D eigenvalue weighted by Gasteiger charge is 2.13. The Morgan fingerprint density at radius 3 is 2.69 bits per heavy atom. The van der Waals surface area contributed by atoms with E-state index in [1.807, 2.05) is 0 Å². The van der Waals surface area contributed by atoms with E-state index in [9.17, 15) is 9.50 Å². The molecule has 0 fully saturated rings. The summed E-state index contributed by atoms with van der Waals surface area (Å²) in [6.07, 6.45) is 1.47. The van der Waals surface area contributed by atoms with Crippen LogP contribution in [0.2, 0.25) is 0 Å². The number of hydrogen-bond donors (Lipinski definition) is 1. The molecule has 1 N–H and O–H groups in total. The average molecular weight is 244 g/mol. The summed E-state index contributed by atoms with van der Waals surface area (Å²) in [4.78, 5) is 3.52. The van der Waals surface area contributed by atoms with E-state index in [1.54, 1.807) is 0 Å². The Kier molecular flexibility index (Phi) is 2.83. The lowest BCUT2D eigenvalue weighted by Crippen LogP contribution is -1.83. The molecule has 0 aliphatic heterocycles. The van der Waals surface area contributed by atoms with Gasteiger partial charge >= 0.3 is 0 Å². The first-order valence-corrected chi connectivity index (χ1v) is 4.21. The lowest BCUT2D eigenvalue weighted by molar-refractivity contribution is 0.434. The second kappa shape index (κ2) is 3.70. The molecule has 13 heavy (non-hydrogen) atoms. The molecule has 0 aliphatic rings. The van der Waals surface area contributed by atoms with Crippen LogP contribution in [0.1, 0.15) is 5.56 Å². The minimum Gasteiger partial charge on any atom is -0.503 e. The highest BCUT2D eigenvalue weighted by Crippen LogP contribution is 2.38. The van der Waals surface area contributed by atoms with E-state index >= 15 is 0 Å². The standard InChI is InChI=1S/C9H7BrFNO/c1-3-5-6(10)4-7(11)9(13)8(5)12-2/h3-4,13H,1-2H2. The van der Waals surface area contributed by atoms with Crippen LogP contribution in [0.3, 0.4) is 0 Å². The summed E-state index contributed by atoms with van der Waals surface area (Å²) >= 11 is 3.12. The molecule has 0 spiro atoms. The van der Waals surface area contributed by atoms with Crippen molar-refractivity contribution < 1.29 is 9.50 Å². The van der Waals surface area contributed by atoms with Gasteiger partial charge in [-0.25, -0.2) is 4.39 Å². The van der Waals surface area contributed by atoms with E-state index in [4.69, 9.17) is 0 Å². The third kappa shape index (κ3) is 1.62. The van der Waals surface area contributed by atoms with Crippen LogP contribution in [0.25, 0.3) is 6.08 Å². The number of rotatable bonds is 2. The SMILES string of the molecule is C=Cc1c(Br)cc(F)c(O)c1N=C. The number of hydrogen-bond acceptors (Lipinski definition) is 2. The zero-order chi connectivity index (χ0) is 10.0. The largest absolute Gasteiger partial charge is 0.503 e. The van der Waals surface area contributed by atoms with Gasteiger partial charge < -0.3 is 5.11 Å². The first kappa shape index (κ1) is 9.92. The summed E-state index contributed by atoms with van der Waals surface area (Å²) in [6, 6.07) is 1.15. The van der Waals surface area contributed by atoms with Gasteiger partial charge in [0.2, 0.25) is 0 Å². The van der Waals surface area contributed by atoms with Crippen molar-refractivity contribution in [3.05, 3.63) is 28.5 Å². The molecule has 0 bridgehead atoms. The quantitative estimate of drug-likeness (QED) is 0.795. The summed E-state index contributed by atoms with van der Waals surface area (Å²) in [7, 11) is 0. The molecule has 0 radical (unpaired) electrons. The van der Waals surface area contributed by atoms with Gasteiger partial charge in [0.25, 0.3) is 0 Å². The fourth-order valence-electron chi connectivity index (χ4n) is 0.965. The van der Waals surface area contributed by atoms with Crippen molar-refractivity contribution >= 4 is 34.4 Å². The normalized spacial score (nSPS) is 9.69. The van der Waals surface area contributed by atoms with Gasteiger partial charge in [0.15, 0.2) is 11.6 Å². The van der Waals surface area contributed by atoms with E-state index < -0.39 is 11.6 Å². The Morgan fingerprint density at radius 1 is 1.62 bits per heavy atom. The Morgan fingerprint density at radius 2 is 2.23 bits per heavy atom. The molecule has 0 saturated carbocycles. The molecule has 0 heterocycles. The Bertz CT molecular complexity index is 376. The molecule has 68 valence electrons. The highest BCUT2D eigenvalue weighted by atomic mass is 79.9. The van der Waals surface area contributed by atoms with Gasteiger partial charge in [-0.15, -0.1) is 0 Å². The number of aromatic hydroxyl groups is 1. The molecular formula is C9H7BrFNO. The summed E-state index contributed by atoms with van der Waals surface area (Å²) in [5, 5.41) is 9.26. The minimum atomic E-state index is -0.736. The monoisotopic (exact) mass is 243 g/mol. The zero-order valence-corrected chi connectivity index (χ0v) is 8.31. The minimum absolute atomic E-state index is 0.0990. The second-order valence-electron chi connectivity index (χ2n) is 2.31. The van der Waals surface area contributed by atoms with Crippen LogP contribution in [0.15, 0.2) is 22.1 Å². The van der Waals surface area contributed by atoms with Crippen molar-refractivity contribution in [2.24, 2.45) is 4.99 Å². The van der Waals surface area contributed by atoms with Gasteiger partial charge in [0.05, 0.1) is 0 Å². The maximum Gasteiger partial charge on any atom is 0.178 e. The number of halogens is 2. The summed E-state index contributed by atoms with van der Waals surface area (Å²) in [6.45, 7) is 6.76. The van der Waals surface area contributed by atoms with Crippen molar-refractivity contribution in [2.45, 2.75) is 0 Å². The van der Waals surface area contributed by atoms with E-state index in [2.05, 4.69) is 34.2 Å². The van der Waals surface area contributed by atoms with Gasteiger partial charge in [0, 0.05) is 10.0 Å². The molecule has 1 rings (SSSR count). The maximum absolute atomic E-state index is 12.9. The molecular weight excluding hydrogens is 237 g/mol. The van der Waals surface area contributed by atoms with Crippen LogP contribution in [-0.2, 0) is 0 Å². The van der Waals surface area contributed by atoms with Gasteiger partial charge in [-0.3, -0.25) is 4.99 Å². The molecule has 0 atom stereocenters. The summed E-state index contributed by atoms with van der Waals surface area (Å²) < 4.78 is 13.4. The number of phenols is 1. The smallest absolute Gasteiger partial charge is 0.178 e. The van der Waals surface area contributed by atoms with E-state index in [0.717, 1.165) is 6.07 Å². The molecule has 0 aliphatic carbocycles. The molecule has 1 aromatic rings. The van der Waals surface area contributed by atoms with Crippen LogP contribution in [0, 0.1) is 5.82 Å². The van der Waals surface area contributed by atoms with Gasteiger partial charge in [0.1, 0.15) is 5.69 Å². The van der Waals surface area contributed by atoms with Gasteiger partial charge in [-0.05, 0) is 28.7 Å². The molecule has 4 heteroatoms. The third-order valence-corrected chi connectivity index (χ3v) is 2.23. The van der Waals surface area contributed by atoms with Gasteiger partial charge in [-0.1, -0.05) is 12.7 Å². The lowest BCUT2D eigenvalue weighted by Gasteiger charge is -2.06. The van der Waals surface area contributed by atoms with E-state index in [-0.39, 0.29) is 5.69 Å². The topological polar surface area (TPSA) is 32.6 Å². The molecule has 0 amide bonds.